The van der Waals surface area contributed by atoms with Crippen LogP contribution in [-0.4, -0.2) is 50.8 Å². The monoisotopic (exact) mass is 323 g/mol. The number of aryl methyl sites for hydroxylation is 1. The Morgan fingerprint density at radius 2 is 2.21 bits per heavy atom. The van der Waals surface area contributed by atoms with Gasteiger partial charge in [-0.3, -0.25) is 14.6 Å². The molecule has 0 radical (unpaired) electrons. The van der Waals surface area contributed by atoms with Gasteiger partial charge in [0, 0.05) is 49.6 Å². The average Bonchev–Trinajstić information content (AvgIpc) is 3.12. The number of pyridine rings is 1. The molecule has 0 aromatic carbocycles. The van der Waals surface area contributed by atoms with Crippen molar-refractivity contribution in [2.24, 2.45) is 5.92 Å². The van der Waals surface area contributed by atoms with Crippen LogP contribution in [0.15, 0.2) is 30.7 Å². The fourth-order valence-electron chi connectivity index (χ4n) is 3.39. The van der Waals surface area contributed by atoms with Gasteiger partial charge in [-0.2, -0.15) is 0 Å². The van der Waals surface area contributed by atoms with Crippen molar-refractivity contribution in [3.05, 3.63) is 42.0 Å². The van der Waals surface area contributed by atoms with E-state index in [1.165, 1.54) is 0 Å². The van der Waals surface area contributed by atoms with E-state index in [0.29, 0.717) is 36.6 Å². The summed E-state index contributed by atoms with van der Waals surface area (Å²) in [6, 6.07) is 3.79. The van der Waals surface area contributed by atoms with E-state index in [1.807, 2.05) is 19.1 Å². The van der Waals surface area contributed by atoms with E-state index in [2.05, 4.69) is 20.3 Å². The van der Waals surface area contributed by atoms with Gasteiger partial charge in [0.1, 0.15) is 0 Å². The first kappa shape index (κ1) is 14.7. The van der Waals surface area contributed by atoms with Crippen molar-refractivity contribution in [2.75, 3.05) is 13.1 Å². The van der Waals surface area contributed by atoms with E-state index in [0.717, 1.165) is 5.56 Å². The highest BCUT2D eigenvalue weighted by Crippen LogP contribution is 2.27. The Balaban J connectivity index is 1.54. The third-order valence-corrected chi connectivity index (χ3v) is 4.65. The number of carbonyl (C=O) groups excluding carboxylic acids is 2. The molecule has 7 nitrogen and oxygen atoms in total. The van der Waals surface area contributed by atoms with Gasteiger partial charge in [0.2, 0.25) is 5.91 Å². The molecule has 0 saturated carbocycles. The van der Waals surface area contributed by atoms with Crippen molar-refractivity contribution in [2.45, 2.75) is 19.4 Å². The SMILES string of the molecule is Cc1nc(-c2cccnc2)ncc1C(=O)N1C[C@@H]2CC(=O)N[C@@H]2C1. The lowest BCUT2D eigenvalue weighted by molar-refractivity contribution is -0.119. The van der Waals surface area contributed by atoms with Crippen LogP contribution in [-0.2, 0) is 4.79 Å². The number of fused-ring (bicyclic) bond motifs is 1. The van der Waals surface area contributed by atoms with Gasteiger partial charge in [0.05, 0.1) is 17.3 Å². The van der Waals surface area contributed by atoms with Gasteiger partial charge >= 0.3 is 0 Å². The molecule has 0 aliphatic carbocycles. The minimum Gasteiger partial charge on any atom is -0.351 e. The first-order valence-corrected chi connectivity index (χ1v) is 7.94. The molecule has 24 heavy (non-hydrogen) atoms. The number of rotatable bonds is 2. The Bertz CT molecular complexity index is 792. The molecule has 2 saturated heterocycles. The van der Waals surface area contributed by atoms with Gasteiger partial charge in [-0.15, -0.1) is 0 Å². The molecule has 2 aliphatic heterocycles. The number of aromatic nitrogens is 3. The number of likely N-dealkylation sites (tertiary alicyclic amines) is 1. The lowest BCUT2D eigenvalue weighted by atomic mass is 10.1. The summed E-state index contributed by atoms with van der Waals surface area (Å²) in [4.78, 5) is 38.8. The van der Waals surface area contributed by atoms with E-state index >= 15 is 0 Å². The lowest BCUT2D eigenvalue weighted by Crippen LogP contribution is -2.35. The van der Waals surface area contributed by atoms with Gasteiger partial charge < -0.3 is 10.2 Å². The van der Waals surface area contributed by atoms with Crippen LogP contribution in [0.2, 0.25) is 0 Å². The second kappa shape index (κ2) is 5.67. The maximum absolute atomic E-state index is 12.7. The zero-order chi connectivity index (χ0) is 16.7. The Kier molecular flexibility index (Phi) is 3.48. The third kappa shape index (κ3) is 2.51. The van der Waals surface area contributed by atoms with Gasteiger partial charge in [0.15, 0.2) is 5.82 Å². The molecule has 2 atom stereocenters. The molecule has 4 rings (SSSR count). The first-order valence-electron chi connectivity index (χ1n) is 7.94. The largest absolute Gasteiger partial charge is 0.351 e. The number of hydrogen-bond acceptors (Lipinski definition) is 5. The molecule has 2 fully saturated rings. The molecule has 2 amide bonds. The van der Waals surface area contributed by atoms with Crippen LogP contribution in [0, 0.1) is 12.8 Å². The van der Waals surface area contributed by atoms with Crippen LogP contribution >= 0.6 is 0 Å². The zero-order valence-corrected chi connectivity index (χ0v) is 13.3. The van der Waals surface area contributed by atoms with Crippen molar-refractivity contribution >= 4 is 11.8 Å². The molecular formula is C17H17N5O2. The molecule has 4 heterocycles. The summed E-state index contributed by atoms with van der Waals surface area (Å²) in [6.45, 7) is 2.97. The standard InChI is InChI=1S/C17H17N5O2/c1-10-13(7-19-16(20-10)11-3-2-4-18-6-11)17(24)22-8-12-5-15(23)21-14(12)9-22/h2-4,6-7,12,14H,5,8-9H2,1H3,(H,21,23)/t12-,14+/m0/s1. The van der Waals surface area contributed by atoms with Crippen molar-refractivity contribution in [3.8, 4) is 11.4 Å². The summed E-state index contributed by atoms with van der Waals surface area (Å²) in [5.74, 6) is 0.784. The lowest BCUT2D eigenvalue weighted by Gasteiger charge is -2.18. The third-order valence-electron chi connectivity index (χ3n) is 4.65. The molecule has 7 heteroatoms. The normalized spacial score (nSPS) is 22.4. The summed E-state index contributed by atoms with van der Waals surface area (Å²) in [5, 5.41) is 2.93. The Morgan fingerprint density at radius 3 is 2.92 bits per heavy atom. The summed E-state index contributed by atoms with van der Waals surface area (Å²) < 4.78 is 0. The van der Waals surface area contributed by atoms with Gasteiger partial charge in [-0.1, -0.05) is 0 Å². The fraction of sp³-hybridized carbons (Fsp3) is 0.353. The minimum absolute atomic E-state index is 0.0751. The second-order valence-corrected chi connectivity index (χ2v) is 6.28. The Hall–Kier alpha value is -2.83. The summed E-state index contributed by atoms with van der Waals surface area (Å²) >= 11 is 0. The van der Waals surface area contributed by atoms with Crippen LogP contribution in [0.4, 0.5) is 0 Å². The molecule has 122 valence electrons. The smallest absolute Gasteiger partial charge is 0.257 e. The maximum Gasteiger partial charge on any atom is 0.257 e. The number of carbonyl (C=O) groups is 2. The first-order chi connectivity index (χ1) is 11.6. The maximum atomic E-state index is 12.7. The molecule has 2 aliphatic rings. The fourth-order valence-corrected chi connectivity index (χ4v) is 3.39. The number of hydrogen-bond donors (Lipinski definition) is 1. The van der Waals surface area contributed by atoms with Crippen molar-refractivity contribution in [1.29, 1.82) is 0 Å². The van der Waals surface area contributed by atoms with Crippen LogP contribution in [0.25, 0.3) is 11.4 Å². The zero-order valence-electron chi connectivity index (χ0n) is 13.3. The number of nitrogens with one attached hydrogen (secondary N) is 1. The van der Waals surface area contributed by atoms with E-state index < -0.39 is 0 Å². The summed E-state index contributed by atoms with van der Waals surface area (Å²) in [7, 11) is 0. The van der Waals surface area contributed by atoms with Crippen molar-refractivity contribution in [3.63, 3.8) is 0 Å². The predicted octanol–water partition coefficient (Wildman–Crippen LogP) is 0.808. The van der Waals surface area contributed by atoms with Crippen LogP contribution < -0.4 is 5.32 Å². The Labute approximate surface area is 139 Å². The topological polar surface area (TPSA) is 88.1 Å². The van der Waals surface area contributed by atoms with Crippen molar-refractivity contribution in [1.82, 2.24) is 25.2 Å². The molecule has 0 bridgehead atoms. The molecule has 2 aromatic rings. The second-order valence-electron chi connectivity index (χ2n) is 6.28. The van der Waals surface area contributed by atoms with Crippen LogP contribution in [0.3, 0.4) is 0 Å². The number of amides is 2. The van der Waals surface area contributed by atoms with E-state index in [9.17, 15) is 9.59 Å². The average molecular weight is 323 g/mol. The molecule has 1 N–H and O–H groups in total. The van der Waals surface area contributed by atoms with Crippen molar-refractivity contribution < 1.29 is 9.59 Å². The predicted molar refractivity (Wildman–Crippen MR) is 85.9 cm³/mol. The molecule has 0 spiro atoms. The van der Waals surface area contributed by atoms with E-state index in [-0.39, 0.29) is 23.8 Å². The van der Waals surface area contributed by atoms with E-state index in [1.54, 1.807) is 23.5 Å². The Morgan fingerprint density at radius 1 is 1.33 bits per heavy atom. The van der Waals surface area contributed by atoms with Gasteiger partial charge in [-0.25, -0.2) is 9.97 Å². The van der Waals surface area contributed by atoms with Gasteiger partial charge in [-0.05, 0) is 19.1 Å². The quantitative estimate of drug-likeness (QED) is 0.883. The minimum atomic E-state index is -0.0751. The number of nitrogens with zero attached hydrogens (tertiary/aromatic N) is 4. The van der Waals surface area contributed by atoms with Crippen LogP contribution in [0.1, 0.15) is 22.5 Å². The summed E-state index contributed by atoms with van der Waals surface area (Å²) in [6.07, 6.45) is 5.47. The summed E-state index contributed by atoms with van der Waals surface area (Å²) in [5.41, 5.74) is 1.97. The molecular weight excluding hydrogens is 306 g/mol. The highest BCUT2D eigenvalue weighted by atomic mass is 16.2. The molecule has 2 aromatic heterocycles. The van der Waals surface area contributed by atoms with Crippen LogP contribution in [0.5, 0.6) is 0 Å². The molecule has 0 unspecified atom stereocenters. The highest BCUT2D eigenvalue weighted by molar-refractivity contribution is 5.95. The van der Waals surface area contributed by atoms with E-state index in [4.69, 9.17) is 0 Å². The highest BCUT2D eigenvalue weighted by Gasteiger charge is 2.42. The van der Waals surface area contributed by atoms with Gasteiger partial charge in [0.25, 0.3) is 5.91 Å².